The summed E-state index contributed by atoms with van der Waals surface area (Å²) in [6, 6.07) is 18.3. The van der Waals surface area contributed by atoms with E-state index in [1.807, 2.05) is 43.3 Å². The number of aromatic amines is 1. The fourth-order valence-electron chi connectivity index (χ4n) is 3.78. The summed E-state index contributed by atoms with van der Waals surface area (Å²) in [5, 5.41) is 2.85. The van der Waals surface area contributed by atoms with E-state index in [9.17, 15) is 9.18 Å². The van der Waals surface area contributed by atoms with E-state index in [1.165, 1.54) is 12.1 Å². The molecule has 4 rings (SSSR count). The number of rotatable bonds is 8. The molecule has 1 aromatic heterocycles. The number of carbonyl (C=O) groups excluding carboxylic acids is 1. The Hall–Kier alpha value is -3.55. The van der Waals surface area contributed by atoms with Crippen LogP contribution in [0.1, 0.15) is 29.0 Å². The van der Waals surface area contributed by atoms with Gasteiger partial charge in [0.05, 0.1) is 11.0 Å². The summed E-state index contributed by atoms with van der Waals surface area (Å²) < 4.78 is 13.5. The summed E-state index contributed by atoms with van der Waals surface area (Å²) in [5.41, 5.74) is 17.8. The van der Waals surface area contributed by atoms with E-state index in [2.05, 4.69) is 15.3 Å². The summed E-state index contributed by atoms with van der Waals surface area (Å²) in [6.07, 6.45) is 1.56. The zero-order chi connectivity index (χ0) is 23.4. The number of benzene rings is 3. The number of fused-ring (bicyclic) bond motifs is 1. The van der Waals surface area contributed by atoms with E-state index in [0.717, 1.165) is 46.2 Å². The summed E-state index contributed by atoms with van der Waals surface area (Å²) in [5.74, 6) is -0.378. The van der Waals surface area contributed by atoms with Gasteiger partial charge in [0.15, 0.2) is 5.82 Å². The molecule has 0 aliphatic rings. The highest BCUT2D eigenvalue weighted by Crippen LogP contribution is 2.33. The van der Waals surface area contributed by atoms with Crippen LogP contribution in [0, 0.1) is 12.7 Å². The topological polar surface area (TPSA) is 110 Å². The molecule has 0 aliphatic carbocycles. The maximum Gasteiger partial charge on any atom is 0.287 e. The normalized spacial score (nSPS) is 12.1. The summed E-state index contributed by atoms with van der Waals surface area (Å²) in [7, 11) is 0. The first-order valence-electron chi connectivity index (χ1n) is 11.0. The smallest absolute Gasteiger partial charge is 0.287 e. The van der Waals surface area contributed by atoms with Crippen LogP contribution in [0.5, 0.6) is 0 Å². The minimum absolute atomic E-state index is 0.157. The van der Waals surface area contributed by atoms with E-state index >= 15 is 0 Å². The molecule has 0 saturated carbocycles. The molecule has 33 heavy (non-hydrogen) atoms. The fraction of sp³-hybridized carbons (Fsp3) is 0.231. The number of nitrogens with one attached hydrogen (secondary N) is 2. The quantitative estimate of drug-likeness (QED) is 0.327. The van der Waals surface area contributed by atoms with E-state index in [1.54, 1.807) is 12.1 Å². The van der Waals surface area contributed by atoms with E-state index < -0.39 is 0 Å². The molecular formula is C26H28FN5O. The Morgan fingerprint density at radius 1 is 1.06 bits per heavy atom. The van der Waals surface area contributed by atoms with Gasteiger partial charge in [-0.05, 0) is 67.3 Å². The number of imidazole rings is 1. The monoisotopic (exact) mass is 445 g/mol. The third-order valence-corrected chi connectivity index (χ3v) is 5.65. The van der Waals surface area contributed by atoms with Crippen molar-refractivity contribution < 1.29 is 9.18 Å². The number of hydrogen-bond donors (Lipinski definition) is 4. The van der Waals surface area contributed by atoms with Gasteiger partial charge >= 0.3 is 0 Å². The molecule has 1 heterocycles. The molecule has 0 unspecified atom stereocenters. The Kier molecular flexibility index (Phi) is 6.82. The van der Waals surface area contributed by atoms with Crippen molar-refractivity contribution in [2.75, 3.05) is 13.1 Å². The maximum absolute atomic E-state index is 13.5. The van der Waals surface area contributed by atoms with Gasteiger partial charge < -0.3 is 21.8 Å². The molecule has 0 aliphatic heterocycles. The average molecular weight is 446 g/mol. The molecule has 0 saturated heterocycles. The molecule has 7 heteroatoms. The van der Waals surface area contributed by atoms with Gasteiger partial charge in [-0.25, -0.2) is 9.37 Å². The number of aromatic nitrogens is 2. The summed E-state index contributed by atoms with van der Waals surface area (Å²) in [4.78, 5) is 20.5. The van der Waals surface area contributed by atoms with Gasteiger partial charge in [-0.2, -0.15) is 0 Å². The van der Waals surface area contributed by atoms with Crippen LogP contribution in [0.25, 0.3) is 33.3 Å². The number of nitrogens with two attached hydrogens (primary N) is 2. The lowest BCUT2D eigenvalue weighted by Gasteiger charge is -2.11. The minimum atomic E-state index is -0.312. The third kappa shape index (κ3) is 5.27. The second kappa shape index (κ2) is 9.94. The molecule has 170 valence electrons. The van der Waals surface area contributed by atoms with Gasteiger partial charge in [0.2, 0.25) is 0 Å². The van der Waals surface area contributed by atoms with Crippen LogP contribution in [0.2, 0.25) is 0 Å². The molecular weight excluding hydrogens is 417 g/mol. The Morgan fingerprint density at radius 2 is 1.76 bits per heavy atom. The highest BCUT2D eigenvalue weighted by Gasteiger charge is 2.17. The molecule has 0 bridgehead atoms. The Bertz CT molecular complexity index is 1250. The molecule has 4 aromatic rings. The zero-order valence-corrected chi connectivity index (χ0v) is 18.6. The standard InChI is InChI=1S/C26H28FN5O/c1-16-4-6-18(7-5-16)22-13-19(17-8-10-20(27)11-9-17)14-23-24(22)32-25(31-23)26(33)30-15-21(29)3-2-12-28/h4-11,13-14,21H,2-3,12,15,28-29H2,1H3,(H,30,33)(H,31,32)/t21-/m0/s1. The van der Waals surface area contributed by atoms with Crippen molar-refractivity contribution in [3.63, 3.8) is 0 Å². The van der Waals surface area contributed by atoms with Gasteiger partial charge in [0.25, 0.3) is 5.91 Å². The largest absolute Gasteiger partial charge is 0.348 e. The SMILES string of the molecule is Cc1ccc(-c2cc(-c3ccc(F)cc3)cc3[nH]c(C(=O)NC[C@@H](N)CCCN)nc23)cc1. The van der Waals surface area contributed by atoms with Crippen molar-refractivity contribution in [2.45, 2.75) is 25.8 Å². The molecule has 6 nitrogen and oxygen atoms in total. The van der Waals surface area contributed by atoms with Crippen LogP contribution in [-0.2, 0) is 0 Å². The second-order valence-corrected chi connectivity index (χ2v) is 8.28. The first-order chi connectivity index (χ1) is 15.9. The van der Waals surface area contributed by atoms with Crippen molar-refractivity contribution in [1.82, 2.24) is 15.3 Å². The molecule has 3 aromatic carbocycles. The molecule has 1 atom stereocenters. The van der Waals surface area contributed by atoms with Crippen molar-refractivity contribution in [3.05, 3.63) is 77.9 Å². The van der Waals surface area contributed by atoms with Gasteiger partial charge in [-0.15, -0.1) is 0 Å². The first-order valence-corrected chi connectivity index (χ1v) is 11.0. The van der Waals surface area contributed by atoms with E-state index in [0.29, 0.717) is 18.6 Å². The third-order valence-electron chi connectivity index (χ3n) is 5.65. The minimum Gasteiger partial charge on any atom is -0.348 e. The molecule has 0 fully saturated rings. The lowest BCUT2D eigenvalue weighted by molar-refractivity contribution is 0.0941. The van der Waals surface area contributed by atoms with E-state index in [4.69, 9.17) is 11.5 Å². The van der Waals surface area contributed by atoms with Crippen LogP contribution >= 0.6 is 0 Å². The number of halogens is 1. The summed E-state index contributed by atoms with van der Waals surface area (Å²) in [6.45, 7) is 2.95. The van der Waals surface area contributed by atoms with Crippen LogP contribution in [-0.4, -0.2) is 35.0 Å². The number of amides is 1. The second-order valence-electron chi connectivity index (χ2n) is 8.28. The highest BCUT2D eigenvalue weighted by atomic mass is 19.1. The summed E-state index contributed by atoms with van der Waals surface area (Å²) >= 11 is 0. The van der Waals surface area contributed by atoms with Gasteiger partial charge in [-0.1, -0.05) is 42.0 Å². The van der Waals surface area contributed by atoms with Crippen LogP contribution in [0.3, 0.4) is 0 Å². The van der Waals surface area contributed by atoms with E-state index in [-0.39, 0.29) is 23.6 Å². The van der Waals surface area contributed by atoms with Gasteiger partial charge in [0.1, 0.15) is 5.82 Å². The van der Waals surface area contributed by atoms with Crippen molar-refractivity contribution >= 4 is 16.9 Å². The van der Waals surface area contributed by atoms with Crippen LogP contribution in [0.4, 0.5) is 4.39 Å². The van der Waals surface area contributed by atoms with Crippen LogP contribution in [0.15, 0.2) is 60.7 Å². The fourth-order valence-corrected chi connectivity index (χ4v) is 3.78. The molecule has 6 N–H and O–H groups in total. The first kappa shape index (κ1) is 22.6. The van der Waals surface area contributed by atoms with Crippen molar-refractivity contribution in [3.8, 4) is 22.3 Å². The predicted molar refractivity (Wildman–Crippen MR) is 130 cm³/mol. The van der Waals surface area contributed by atoms with Gasteiger partial charge in [0, 0.05) is 18.2 Å². The molecule has 1 amide bonds. The maximum atomic E-state index is 13.5. The lowest BCUT2D eigenvalue weighted by atomic mass is 9.97. The Morgan fingerprint density at radius 3 is 2.45 bits per heavy atom. The van der Waals surface area contributed by atoms with Gasteiger partial charge in [-0.3, -0.25) is 4.79 Å². The molecule has 0 radical (unpaired) electrons. The van der Waals surface area contributed by atoms with Crippen LogP contribution < -0.4 is 16.8 Å². The lowest BCUT2D eigenvalue weighted by Crippen LogP contribution is -2.37. The highest BCUT2D eigenvalue weighted by molar-refractivity contribution is 6.00. The Balaban J connectivity index is 1.72. The molecule has 0 spiro atoms. The zero-order valence-electron chi connectivity index (χ0n) is 18.6. The number of H-pyrrole nitrogens is 1. The number of nitrogens with zero attached hydrogens (tertiary/aromatic N) is 1. The van der Waals surface area contributed by atoms with Crippen molar-refractivity contribution in [2.24, 2.45) is 11.5 Å². The number of hydrogen-bond acceptors (Lipinski definition) is 4. The number of carbonyl (C=O) groups is 1. The average Bonchev–Trinajstić information content (AvgIpc) is 3.26. The number of aryl methyl sites for hydroxylation is 1. The predicted octanol–water partition coefficient (Wildman–Crippen LogP) is 4.14. The Labute approximate surface area is 192 Å². The van der Waals surface area contributed by atoms with Crippen molar-refractivity contribution in [1.29, 1.82) is 0 Å².